The summed E-state index contributed by atoms with van der Waals surface area (Å²) in [6.45, 7) is 7.14. The second-order valence-corrected chi connectivity index (χ2v) is 9.81. The van der Waals surface area contributed by atoms with Gasteiger partial charge in [-0.2, -0.15) is 5.10 Å². The molecule has 2 aliphatic rings. The van der Waals surface area contributed by atoms with E-state index in [1.807, 2.05) is 41.3 Å². The fourth-order valence-electron chi connectivity index (χ4n) is 5.18. The highest BCUT2D eigenvalue weighted by molar-refractivity contribution is 6.04. The Hall–Kier alpha value is -3.71. The average molecular weight is 501 g/mol. The van der Waals surface area contributed by atoms with Crippen LogP contribution in [-0.4, -0.2) is 61.4 Å². The number of hydrogen-bond donors (Lipinski definition) is 0. The zero-order valence-corrected chi connectivity index (χ0v) is 21.7. The molecule has 6 nitrogen and oxygen atoms in total. The van der Waals surface area contributed by atoms with Gasteiger partial charge in [0.1, 0.15) is 11.6 Å². The number of carbonyl (C=O) groups is 1. The number of ether oxygens (including phenoxy) is 1. The van der Waals surface area contributed by atoms with Gasteiger partial charge in [-0.3, -0.25) is 9.69 Å². The number of methoxy groups -OCH3 is 1. The molecule has 3 aromatic carbocycles. The lowest BCUT2D eigenvalue weighted by atomic mass is 9.95. The van der Waals surface area contributed by atoms with Gasteiger partial charge in [0.05, 0.1) is 31.1 Å². The number of halogens is 1. The van der Waals surface area contributed by atoms with Crippen molar-refractivity contribution >= 4 is 17.3 Å². The maximum atomic E-state index is 14.2. The quantitative estimate of drug-likeness (QED) is 0.481. The summed E-state index contributed by atoms with van der Waals surface area (Å²) in [5.74, 6) is 0.514. The lowest BCUT2D eigenvalue weighted by molar-refractivity contribution is -0.134. The summed E-state index contributed by atoms with van der Waals surface area (Å²) in [5, 5.41) is 6.55. The van der Waals surface area contributed by atoms with Gasteiger partial charge in [-0.05, 0) is 55.3 Å². The van der Waals surface area contributed by atoms with Crippen LogP contribution in [0.15, 0.2) is 71.8 Å². The summed E-state index contributed by atoms with van der Waals surface area (Å²) in [4.78, 5) is 17.8. The highest BCUT2D eigenvalue weighted by atomic mass is 19.1. The molecule has 3 aromatic rings. The van der Waals surface area contributed by atoms with E-state index in [4.69, 9.17) is 9.84 Å². The SMILES string of the molecule is COc1cccc(C2CC(c3cc(C)ccc3C)=NN2C(=O)CN2CCN(c3ccccc3F)CC2)c1. The Morgan fingerprint density at radius 3 is 2.54 bits per heavy atom. The normalized spacial score (nSPS) is 18.2. The maximum absolute atomic E-state index is 14.2. The highest BCUT2D eigenvalue weighted by Crippen LogP contribution is 2.35. The number of piperazine rings is 1. The van der Waals surface area contributed by atoms with Crippen LogP contribution >= 0.6 is 0 Å². The molecule has 2 aliphatic heterocycles. The number of nitrogens with zero attached hydrogens (tertiary/aromatic N) is 4. The number of amides is 1. The zero-order chi connectivity index (χ0) is 25.9. The Morgan fingerprint density at radius 2 is 1.78 bits per heavy atom. The van der Waals surface area contributed by atoms with Gasteiger partial charge in [0.2, 0.25) is 0 Å². The van der Waals surface area contributed by atoms with Gasteiger partial charge in [0.25, 0.3) is 5.91 Å². The molecule has 1 amide bonds. The van der Waals surface area contributed by atoms with Crippen LogP contribution in [0.4, 0.5) is 10.1 Å². The smallest absolute Gasteiger partial charge is 0.257 e. The monoisotopic (exact) mass is 500 g/mol. The Kier molecular flexibility index (Phi) is 7.24. The lowest BCUT2D eigenvalue weighted by Gasteiger charge is -2.36. The number of aryl methyl sites for hydroxylation is 2. The first-order valence-electron chi connectivity index (χ1n) is 12.8. The molecule has 0 aliphatic carbocycles. The average Bonchev–Trinajstić information content (AvgIpc) is 3.36. The van der Waals surface area contributed by atoms with E-state index < -0.39 is 0 Å². The molecule has 1 unspecified atom stereocenters. The van der Waals surface area contributed by atoms with Crippen molar-refractivity contribution < 1.29 is 13.9 Å². The molecule has 0 spiro atoms. The molecule has 7 heteroatoms. The first-order chi connectivity index (χ1) is 17.9. The van der Waals surface area contributed by atoms with Crippen LogP contribution < -0.4 is 9.64 Å². The van der Waals surface area contributed by atoms with Crippen LogP contribution in [0.3, 0.4) is 0 Å². The van der Waals surface area contributed by atoms with Gasteiger partial charge in [-0.15, -0.1) is 0 Å². The predicted molar refractivity (Wildman–Crippen MR) is 145 cm³/mol. The number of hydrazone groups is 1. The van der Waals surface area contributed by atoms with E-state index in [0.717, 1.165) is 28.2 Å². The molecule has 1 atom stereocenters. The van der Waals surface area contributed by atoms with Crippen LogP contribution in [-0.2, 0) is 4.79 Å². The largest absolute Gasteiger partial charge is 0.497 e. The minimum absolute atomic E-state index is 0.0348. The van der Waals surface area contributed by atoms with Crippen LogP contribution in [0.5, 0.6) is 5.75 Å². The third kappa shape index (κ3) is 5.37. The van der Waals surface area contributed by atoms with E-state index in [0.29, 0.717) is 38.3 Å². The van der Waals surface area contributed by atoms with Gasteiger partial charge in [0, 0.05) is 38.2 Å². The van der Waals surface area contributed by atoms with Crippen molar-refractivity contribution in [1.82, 2.24) is 9.91 Å². The fourth-order valence-corrected chi connectivity index (χ4v) is 5.18. The number of anilines is 1. The van der Waals surface area contributed by atoms with Crippen molar-refractivity contribution in [2.45, 2.75) is 26.3 Å². The number of benzene rings is 3. The first kappa shape index (κ1) is 25.0. The maximum Gasteiger partial charge on any atom is 0.257 e. The molecular formula is C30H33FN4O2. The van der Waals surface area contributed by atoms with E-state index in [-0.39, 0.29) is 24.3 Å². The van der Waals surface area contributed by atoms with Crippen molar-refractivity contribution in [3.63, 3.8) is 0 Å². The molecule has 0 saturated carbocycles. The minimum Gasteiger partial charge on any atom is -0.497 e. The molecule has 1 saturated heterocycles. The standard InChI is InChI=1S/C30H33FN4O2/c1-21-11-12-22(2)25(17-21)27-19-29(23-7-6-8-24(18-23)37-3)35(32-27)30(36)20-33-13-15-34(16-14-33)28-10-5-4-9-26(28)31/h4-12,17-18,29H,13-16,19-20H2,1-3H3. The van der Waals surface area contributed by atoms with Crippen LogP contribution in [0.1, 0.15) is 34.7 Å². The molecule has 0 N–H and O–H groups in total. The van der Waals surface area contributed by atoms with Gasteiger partial charge in [-0.1, -0.05) is 42.0 Å². The van der Waals surface area contributed by atoms with E-state index >= 15 is 0 Å². The van der Waals surface area contributed by atoms with Gasteiger partial charge < -0.3 is 9.64 Å². The van der Waals surface area contributed by atoms with Gasteiger partial charge in [0.15, 0.2) is 0 Å². The first-order valence-corrected chi connectivity index (χ1v) is 12.8. The summed E-state index contributed by atoms with van der Waals surface area (Å²) in [7, 11) is 1.65. The van der Waals surface area contributed by atoms with Crippen molar-refractivity contribution in [2.24, 2.45) is 5.10 Å². The van der Waals surface area contributed by atoms with Gasteiger partial charge >= 0.3 is 0 Å². The van der Waals surface area contributed by atoms with Crippen molar-refractivity contribution in [3.05, 3.63) is 94.8 Å². The van der Waals surface area contributed by atoms with Crippen molar-refractivity contribution in [2.75, 3.05) is 44.7 Å². The molecule has 0 aromatic heterocycles. The Labute approximate surface area is 217 Å². The molecule has 37 heavy (non-hydrogen) atoms. The number of rotatable bonds is 6. The Balaban J connectivity index is 1.35. The topological polar surface area (TPSA) is 48.4 Å². The minimum atomic E-state index is -0.210. The van der Waals surface area contributed by atoms with Crippen LogP contribution in [0.2, 0.25) is 0 Å². The van der Waals surface area contributed by atoms with Crippen LogP contribution in [0.25, 0.3) is 0 Å². The van der Waals surface area contributed by atoms with E-state index in [9.17, 15) is 9.18 Å². The number of para-hydroxylation sites is 1. The number of hydrogen-bond acceptors (Lipinski definition) is 5. The van der Waals surface area contributed by atoms with Crippen molar-refractivity contribution in [1.29, 1.82) is 0 Å². The molecule has 1 fully saturated rings. The second-order valence-electron chi connectivity index (χ2n) is 9.81. The lowest BCUT2D eigenvalue weighted by Crippen LogP contribution is -2.49. The summed E-state index contributed by atoms with van der Waals surface area (Å²) in [6, 6.07) is 20.9. The molecule has 5 rings (SSSR count). The molecule has 0 radical (unpaired) electrons. The van der Waals surface area contributed by atoms with E-state index in [2.05, 4.69) is 36.9 Å². The predicted octanol–water partition coefficient (Wildman–Crippen LogP) is 4.95. The highest BCUT2D eigenvalue weighted by Gasteiger charge is 2.35. The molecule has 2 heterocycles. The summed E-state index contributed by atoms with van der Waals surface area (Å²) < 4.78 is 19.7. The second kappa shape index (κ2) is 10.7. The zero-order valence-electron chi connectivity index (χ0n) is 21.7. The molecule has 0 bridgehead atoms. The Morgan fingerprint density at radius 1 is 1.00 bits per heavy atom. The van der Waals surface area contributed by atoms with E-state index in [1.165, 1.54) is 11.6 Å². The third-order valence-electron chi connectivity index (χ3n) is 7.27. The van der Waals surface area contributed by atoms with Crippen LogP contribution in [0, 0.1) is 19.7 Å². The summed E-state index contributed by atoms with van der Waals surface area (Å²) in [6.07, 6.45) is 0.643. The number of carbonyl (C=O) groups excluding carboxylic acids is 1. The van der Waals surface area contributed by atoms with Crippen molar-refractivity contribution in [3.8, 4) is 5.75 Å². The third-order valence-corrected chi connectivity index (χ3v) is 7.27. The van der Waals surface area contributed by atoms with E-state index in [1.54, 1.807) is 18.2 Å². The summed E-state index contributed by atoms with van der Waals surface area (Å²) >= 11 is 0. The fraction of sp³-hybridized carbons (Fsp3) is 0.333. The van der Waals surface area contributed by atoms with Gasteiger partial charge in [-0.25, -0.2) is 9.40 Å². The molecule has 192 valence electrons. The summed E-state index contributed by atoms with van der Waals surface area (Å²) in [5.41, 5.74) is 5.94. The molecular weight excluding hydrogens is 467 g/mol. The Bertz CT molecular complexity index is 1320.